The van der Waals surface area contributed by atoms with Crippen molar-refractivity contribution in [3.05, 3.63) is 66.0 Å². The van der Waals surface area contributed by atoms with E-state index >= 15 is 0 Å². The van der Waals surface area contributed by atoms with Crippen LogP contribution in [0.3, 0.4) is 0 Å². The summed E-state index contributed by atoms with van der Waals surface area (Å²) < 4.78 is 34.7. The van der Waals surface area contributed by atoms with Crippen LogP contribution in [0.5, 0.6) is 0 Å². The van der Waals surface area contributed by atoms with Crippen LogP contribution in [0.4, 0.5) is 14.6 Å². The molecule has 1 aliphatic rings. The van der Waals surface area contributed by atoms with E-state index in [4.69, 9.17) is 14.7 Å². The molecular weight excluding hydrogens is 412 g/mol. The van der Waals surface area contributed by atoms with E-state index in [2.05, 4.69) is 28.9 Å². The molecule has 0 saturated carbocycles. The van der Waals surface area contributed by atoms with Gasteiger partial charge in [-0.05, 0) is 24.1 Å². The van der Waals surface area contributed by atoms with E-state index in [1.54, 1.807) is 24.3 Å². The Morgan fingerprint density at radius 3 is 2.44 bits per heavy atom. The van der Waals surface area contributed by atoms with Gasteiger partial charge in [0.1, 0.15) is 5.82 Å². The first-order valence-electron chi connectivity index (χ1n) is 10.7. The van der Waals surface area contributed by atoms with Crippen molar-refractivity contribution in [1.82, 2.24) is 19.5 Å². The van der Waals surface area contributed by atoms with Crippen LogP contribution < -0.4 is 4.90 Å². The minimum absolute atomic E-state index is 0.188. The van der Waals surface area contributed by atoms with E-state index in [0.29, 0.717) is 48.8 Å². The third-order valence-corrected chi connectivity index (χ3v) is 5.68. The topological polar surface area (TPSA) is 56.1 Å². The normalized spacial score (nSPS) is 14.4. The summed E-state index contributed by atoms with van der Waals surface area (Å²) in [4.78, 5) is 15.7. The highest BCUT2D eigenvalue weighted by Crippen LogP contribution is 2.30. The lowest BCUT2D eigenvalue weighted by molar-refractivity contribution is 0.122. The van der Waals surface area contributed by atoms with Gasteiger partial charge in [-0.15, -0.1) is 0 Å². The molecule has 3 heterocycles. The van der Waals surface area contributed by atoms with E-state index in [-0.39, 0.29) is 11.8 Å². The van der Waals surface area contributed by atoms with Gasteiger partial charge in [0, 0.05) is 24.7 Å². The Hall–Kier alpha value is -3.39. The molecule has 0 amide bonds. The molecule has 164 valence electrons. The molecule has 0 N–H and O–H groups in total. The summed E-state index contributed by atoms with van der Waals surface area (Å²) >= 11 is 0. The monoisotopic (exact) mass is 435 g/mol. The number of halogens is 2. The summed E-state index contributed by atoms with van der Waals surface area (Å²) in [5.41, 5.74) is 3.84. The summed E-state index contributed by atoms with van der Waals surface area (Å²) in [6.07, 6.45) is -1.82. The number of hydrogen-bond donors (Lipinski definition) is 0. The standard InChI is InChI=1S/C24H23F2N5O/c1-2-16-7-9-17(10-8-16)19-15-21(30-11-13-32-14-12-30)29-24(28-19)31-20-6-4-3-5-18(20)27-23(31)22(25)26/h3-10,15,22H,2,11-14H2,1H3. The number of aryl methyl sites for hydroxylation is 1. The molecule has 0 atom stereocenters. The first-order valence-corrected chi connectivity index (χ1v) is 10.7. The Kier molecular flexibility index (Phi) is 5.53. The molecule has 2 aromatic carbocycles. The summed E-state index contributed by atoms with van der Waals surface area (Å²) in [6, 6.07) is 17.1. The van der Waals surface area contributed by atoms with E-state index in [9.17, 15) is 8.78 Å². The second-order valence-electron chi connectivity index (χ2n) is 7.66. The number of rotatable bonds is 5. The fraction of sp³-hybridized carbons (Fsp3) is 0.292. The van der Waals surface area contributed by atoms with Gasteiger partial charge in [0.2, 0.25) is 5.95 Å². The van der Waals surface area contributed by atoms with Gasteiger partial charge in [0.05, 0.1) is 29.9 Å². The van der Waals surface area contributed by atoms with Gasteiger partial charge < -0.3 is 9.64 Å². The van der Waals surface area contributed by atoms with Crippen molar-refractivity contribution in [1.29, 1.82) is 0 Å². The molecule has 4 aromatic rings. The van der Waals surface area contributed by atoms with E-state index < -0.39 is 6.43 Å². The van der Waals surface area contributed by atoms with Crippen LogP contribution in [-0.2, 0) is 11.2 Å². The zero-order chi connectivity index (χ0) is 22.1. The van der Waals surface area contributed by atoms with Gasteiger partial charge in [-0.2, -0.15) is 4.98 Å². The smallest absolute Gasteiger partial charge is 0.296 e. The fourth-order valence-electron chi connectivity index (χ4n) is 3.94. The maximum Gasteiger partial charge on any atom is 0.296 e. The third kappa shape index (κ3) is 3.82. The van der Waals surface area contributed by atoms with E-state index in [1.165, 1.54) is 10.1 Å². The molecule has 1 saturated heterocycles. The number of alkyl halides is 2. The zero-order valence-corrected chi connectivity index (χ0v) is 17.7. The molecular formula is C24H23F2N5O. The molecule has 0 radical (unpaired) electrons. The lowest BCUT2D eigenvalue weighted by Crippen LogP contribution is -2.37. The van der Waals surface area contributed by atoms with E-state index in [1.807, 2.05) is 18.2 Å². The highest BCUT2D eigenvalue weighted by molar-refractivity contribution is 5.78. The first kappa shape index (κ1) is 20.5. The number of aromatic nitrogens is 4. The number of hydrogen-bond acceptors (Lipinski definition) is 5. The number of para-hydroxylation sites is 2. The summed E-state index contributed by atoms with van der Waals surface area (Å²) in [5.74, 6) is 0.510. The van der Waals surface area contributed by atoms with Crippen molar-refractivity contribution in [2.24, 2.45) is 0 Å². The van der Waals surface area contributed by atoms with Crippen molar-refractivity contribution in [2.45, 2.75) is 19.8 Å². The summed E-state index contributed by atoms with van der Waals surface area (Å²) in [7, 11) is 0. The number of anilines is 1. The van der Waals surface area contributed by atoms with Crippen LogP contribution in [0, 0.1) is 0 Å². The second-order valence-corrected chi connectivity index (χ2v) is 7.66. The first-order chi connectivity index (χ1) is 15.6. The van der Waals surface area contributed by atoms with Gasteiger partial charge in [-0.3, -0.25) is 4.57 Å². The molecule has 32 heavy (non-hydrogen) atoms. The van der Waals surface area contributed by atoms with Gasteiger partial charge in [-0.25, -0.2) is 18.7 Å². The Bertz CT molecular complexity index is 1230. The number of nitrogens with zero attached hydrogens (tertiary/aromatic N) is 5. The highest BCUT2D eigenvalue weighted by atomic mass is 19.3. The van der Waals surface area contributed by atoms with Crippen LogP contribution in [0.1, 0.15) is 24.7 Å². The highest BCUT2D eigenvalue weighted by Gasteiger charge is 2.24. The average molecular weight is 435 g/mol. The minimum Gasteiger partial charge on any atom is -0.378 e. The predicted octanol–water partition coefficient (Wildman–Crippen LogP) is 4.82. The largest absolute Gasteiger partial charge is 0.378 e. The average Bonchev–Trinajstić information content (AvgIpc) is 3.24. The van der Waals surface area contributed by atoms with Crippen LogP contribution >= 0.6 is 0 Å². The molecule has 0 aliphatic carbocycles. The molecule has 5 rings (SSSR count). The molecule has 1 fully saturated rings. The third-order valence-electron chi connectivity index (χ3n) is 5.68. The van der Waals surface area contributed by atoms with Crippen molar-refractivity contribution in [3.63, 3.8) is 0 Å². The number of fused-ring (bicyclic) bond motifs is 1. The Balaban J connectivity index is 1.71. The number of imidazole rings is 1. The lowest BCUT2D eigenvalue weighted by Gasteiger charge is -2.28. The summed E-state index contributed by atoms with van der Waals surface area (Å²) in [5, 5.41) is 0. The number of morpholine rings is 1. The molecule has 0 spiro atoms. The molecule has 0 bridgehead atoms. The van der Waals surface area contributed by atoms with Gasteiger partial charge in [0.25, 0.3) is 6.43 Å². The second kappa shape index (κ2) is 8.63. The molecule has 1 aliphatic heterocycles. The van der Waals surface area contributed by atoms with Crippen molar-refractivity contribution in [2.75, 3.05) is 31.2 Å². The zero-order valence-electron chi connectivity index (χ0n) is 17.7. The fourth-order valence-corrected chi connectivity index (χ4v) is 3.94. The maximum absolute atomic E-state index is 13.9. The SMILES string of the molecule is CCc1ccc(-c2cc(N3CCOCC3)nc(-n3c(C(F)F)nc4ccccc43)n2)cc1. The molecule has 6 nitrogen and oxygen atoms in total. The van der Waals surface area contributed by atoms with Gasteiger partial charge >= 0.3 is 0 Å². The number of benzene rings is 2. The quantitative estimate of drug-likeness (QED) is 0.450. The van der Waals surface area contributed by atoms with Crippen molar-refractivity contribution in [3.8, 4) is 17.2 Å². The maximum atomic E-state index is 13.9. The van der Waals surface area contributed by atoms with E-state index in [0.717, 1.165) is 12.0 Å². The van der Waals surface area contributed by atoms with Crippen LogP contribution in [-0.4, -0.2) is 45.8 Å². The summed E-state index contributed by atoms with van der Waals surface area (Å²) in [6.45, 7) is 4.64. The molecule has 2 aromatic heterocycles. The Morgan fingerprint density at radius 1 is 0.969 bits per heavy atom. The van der Waals surface area contributed by atoms with Crippen molar-refractivity contribution >= 4 is 16.9 Å². The van der Waals surface area contributed by atoms with Gasteiger partial charge in [-0.1, -0.05) is 43.3 Å². The lowest BCUT2D eigenvalue weighted by atomic mass is 10.1. The minimum atomic E-state index is -2.76. The molecule has 0 unspecified atom stereocenters. The molecule has 8 heteroatoms. The Labute approximate surface area is 184 Å². The van der Waals surface area contributed by atoms with Gasteiger partial charge in [0.15, 0.2) is 5.82 Å². The predicted molar refractivity (Wildman–Crippen MR) is 119 cm³/mol. The van der Waals surface area contributed by atoms with Crippen LogP contribution in [0.15, 0.2) is 54.6 Å². The van der Waals surface area contributed by atoms with Crippen molar-refractivity contribution < 1.29 is 13.5 Å². The Morgan fingerprint density at radius 2 is 1.72 bits per heavy atom. The van der Waals surface area contributed by atoms with Crippen LogP contribution in [0.25, 0.3) is 28.2 Å². The number of ether oxygens (including phenoxy) is 1. The van der Waals surface area contributed by atoms with Crippen LogP contribution in [0.2, 0.25) is 0 Å².